The van der Waals surface area contributed by atoms with E-state index >= 15 is 0 Å². The molecule has 0 bridgehead atoms. The van der Waals surface area contributed by atoms with E-state index in [1.165, 1.54) is 17.9 Å². The van der Waals surface area contributed by atoms with Crippen LogP contribution in [-0.2, 0) is 4.79 Å². The highest BCUT2D eigenvalue weighted by Crippen LogP contribution is 2.24. The highest BCUT2D eigenvalue weighted by atomic mass is 32.2. The van der Waals surface area contributed by atoms with Crippen LogP contribution in [0.3, 0.4) is 0 Å². The molecular weight excluding hydrogens is 196 g/mol. The molecule has 0 aliphatic carbocycles. The van der Waals surface area contributed by atoms with Crippen LogP contribution in [0.1, 0.15) is 12.8 Å². The zero-order chi connectivity index (χ0) is 9.80. The van der Waals surface area contributed by atoms with Gasteiger partial charge in [-0.05, 0) is 23.8 Å². The maximum absolute atomic E-state index is 11.7. The number of hydrogen-bond acceptors (Lipinski definition) is 3. The molecule has 1 amide bonds. The normalized spacial score (nSPS) is 29.3. The summed E-state index contributed by atoms with van der Waals surface area (Å²) < 4.78 is 0. The molecule has 2 rings (SSSR count). The van der Waals surface area contributed by atoms with Crippen LogP contribution in [0.2, 0.25) is 0 Å². The Balaban J connectivity index is 1.84. The summed E-state index contributed by atoms with van der Waals surface area (Å²) in [4.78, 5) is 13.7. The van der Waals surface area contributed by atoms with Crippen molar-refractivity contribution in [2.45, 2.75) is 12.8 Å². The quantitative estimate of drug-likeness (QED) is 0.729. The average Bonchev–Trinajstić information content (AvgIpc) is 2.60. The number of nitrogens with one attached hydrogen (secondary N) is 1. The van der Waals surface area contributed by atoms with Crippen LogP contribution in [-0.4, -0.2) is 48.5 Å². The first-order valence-electron chi connectivity index (χ1n) is 5.42. The minimum Gasteiger partial charge on any atom is -0.341 e. The molecule has 0 spiro atoms. The highest BCUT2D eigenvalue weighted by molar-refractivity contribution is 7.99. The molecule has 1 N–H and O–H groups in total. The Morgan fingerprint density at radius 2 is 2.43 bits per heavy atom. The molecule has 2 fully saturated rings. The van der Waals surface area contributed by atoms with Crippen molar-refractivity contribution in [3.05, 3.63) is 0 Å². The first-order chi connectivity index (χ1) is 6.86. The van der Waals surface area contributed by atoms with Crippen LogP contribution in [0, 0.1) is 5.92 Å². The number of hydrogen-bond donors (Lipinski definition) is 1. The van der Waals surface area contributed by atoms with Crippen LogP contribution >= 0.6 is 11.8 Å². The van der Waals surface area contributed by atoms with Crippen LogP contribution in [0.25, 0.3) is 0 Å². The van der Waals surface area contributed by atoms with Crippen LogP contribution < -0.4 is 5.32 Å². The van der Waals surface area contributed by atoms with E-state index in [4.69, 9.17) is 0 Å². The molecule has 3 nitrogen and oxygen atoms in total. The van der Waals surface area contributed by atoms with E-state index in [-0.39, 0.29) is 0 Å². The van der Waals surface area contributed by atoms with Gasteiger partial charge in [0.25, 0.3) is 0 Å². The van der Waals surface area contributed by atoms with Gasteiger partial charge in [-0.1, -0.05) is 0 Å². The Labute approximate surface area is 89.6 Å². The summed E-state index contributed by atoms with van der Waals surface area (Å²) in [5.41, 5.74) is 0. The van der Waals surface area contributed by atoms with Crippen molar-refractivity contribution in [3.8, 4) is 0 Å². The van der Waals surface area contributed by atoms with Crippen LogP contribution in [0.15, 0.2) is 0 Å². The predicted molar refractivity (Wildman–Crippen MR) is 59.5 cm³/mol. The Bertz CT molecular complexity index is 204. The van der Waals surface area contributed by atoms with Gasteiger partial charge in [-0.15, -0.1) is 0 Å². The third-order valence-corrected chi connectivity index (χ3v) is 4.16. The first-order valence-corrected chi connectivity index (χ1v) is 6.58. The number of thioether (sulfide) groups is 1. The number of rotatable bonds is 2. The second-order valence-electron chi connectivity index (χ2n) is 4.07. The topological polar surface area (TPSA) is 32.3 Å². The van der Waals surface area contributed by atoms with Crippen molar-refractivity contribution in [3.63, 3.8) is 0 Å². The van der Waals surface area contributed by atoms with E-state index in [2.05, 4.69) is 10.2 Å². The van der Waals surface area contributed by atoms with Crippen molar-refractivity contribution in [1.82, 2.24) is 10.2 Å². The molecule has 2 aliphatic heterocycles. The van der Waals surface area contributed by atoms with Gasteiger partial charge < -0.3 is 10.2 Å². The van der Waals surface area contributed by atoms with Crippen molar-refractivity contribution in [1.29, 1.82) is 0 Å². The minimum atomic E-state index is 0.340. The first kappa shape index (κ1) is 10.3. The summed E-state index contributed by atoms with van der Waals surface area (Å²) in [6.07, 6.45) is 1.97. The minimum absolute atomic E-state index is 0.340. The van der Waals surface area contributed by atoms with Crippen molar-refractivity contribution in [2.24, 2.45) is 5.92 Å². The Morgan fingerprint density at radius 1 is 1.50 bits per heavy atom. The SMILES string of the molecule is O=C1CCNCCN1CC1CCSC1. The van der Waals surface area contributed by atoms with E-state index < -0.39 is 0 Å². The third kappa shape index (κ3) is 2.64. The lowest BCUT2D eigenvalue weighted by atomic mass is 10.1. The summed E-state index contributed by atoms with van der Waals surface area (Å²) in [6, 6.07) is 0. The van der Waals surface area contributed by atoms with E-state index in [1.54, 1.807) is 0 Å². The fourth-order valence-electron chi connectivity index (χ4n) is 2.05. The smallest absolute Gasteiger partial charge is 0.223 e. The van der Waals surface area contributed by atoms with E-state index in [0.717, 1.165) is 32.1 Å². The molecule has 4 heteroatoms. The average molecular weight is 214 g/mol. The van der Waals surface area contributed by atoms with Gasteiger partial charge in [0.1, 0.15) is 0 Å². The molecule has 2 heterocycles. The molecule has 0 aromatic rings. The summed E-state index contributed by atoms with van der Waals surface area (Å²) in [5.74, 6) is 3.62. The van der Waals surface area contributed by atoms with E-state index in [1.807, 2.05) is 11.8 Å². The number of carbonyl (C=O) groups is 1. The third-order valence-electron chi connectivity index (χ3n) is 2.93. The number of carbonyl (C=O) groups excluding carboxylic acids is 1. The summed E-state index contributed by atoms with van der Waals surface area (Å²) in [5, 5.41) is 3.26. The standard InChI is InChI=1S/C10H18N2OS/c13-10-1-3-11-4-5-12(10)7-9-2-6-14-8-9/h9,11H,1-8H2. The van der Waals surface area contributed by atoms with Gasteiger partial charge in [-0.3, -0.25) is 4.79 Å². The Hall–Kier alpha value is -0.220. The lowest BCUT2D eigenvalue weighted by Gasteiger charge is -2.23. The van der Waals surface area contributed by atoms with Crippen molar-refractivity contribution in [2.75, 3.05) is 37.7 Å². The molecule has 0 aromatic heterocycles. The Morgan fingerprint density at radius 3 is 3.21 bits per heavy atom. The molecule has 0 saturated carbocycles. The Kier molecular flexibility index (Phi) is 3.70. The van der Waals surface area contributed by atoms with Crippen molar-refractivity contribution >= 4 is 17.7 Å². The molecule has 2 saturated heterocycles. The van der Waals surface area contributed by atoms with Crippen LogP contribution in [0.5, 0.6) is 0 Å². The largest absolute Gasteiger partial charge is 0.341 e. The fraction of sp³-hybridized carbons (Fsp3) is 0.900. The summed E-state index contributed by atoms with van der Waals surface area (Å²) in [6.45, 7) is 3.72. The highest BCUT2D eigenvalue weighted by Gasteiger charge is 2.22. The second-order valence-corrected chi connectivity index (χ2v) is 5.22. The van der Waals surface area contributed by atoms with Gasteiger partial charge in [0, 0.05) is 32.6 Å². The van der Waals surface area contributed by atoms with Gasteiger partial charge in [0.05, 0.1) is 0 Å². The van der Waals surface area contributed by atoms with Crippen molar-refractivity contribution < 1.29 is 4.79 Å². The lowest BCUT2D eigenvalue weighted by Crippen LogP contribution is -2.36. The van der Waals surface area contributed by atoms with Gasteiger partial charge in [-0.2, -0.15) is 11.8 Å². The van der Waals surface area contributed by atoms with E-state index in [0.29, 0.717) is 12.3 Å². The molecule has 14 heavy (non-hydrogen) atoms. The number of nitrogens with zero attached hydrogens (tertiary/aromatic N) is 1. The lowest BCUT2D eigenvalue weighted by molar-refractivity contribution is -0.130. The predicted octanol–water partition coefficient (Wildman–Crippen LogP) is 0.561. The number of amides is 1. The maximum atomic E-state index is 11.7. The fourth-order valence-corrected chi connectivity index (χ4v) is 3.32. The molecule has 0 radical (unpaired) electrons. The zero-order valence-corrected chi connectivity index (χ0v) is 9.31. The second kappa shape index (κ2) is 5.03. The molecule has 80 valence electrons. The molecule has 1 atom stereocenters. The molecule has 0 aromatic carbocycles. The summed E-state index contributed by atoms with van der Waals surface area (Å²) in [7, 11) is 0. The van der Waals surface area contributed by atoms with Gasteiger partial charge >= 0.3 is 0 Å². The maximum Gasteiger partial charge on any atom is 0.223 e. The van der Waals surface area contributed by atoms with E-state index in [9.17, 15) is 4.79 Å². The monoisotopic (exact) mass is 214 g/mol. The molecular formula is C10H18N2OS. The van der Waals surface area contributed by atoms with Crippen LogP contribution in [0.4, 0.5) is 0 Å². The summed E-state index contributed by atoms with van der Waals surface area (Å²) >= 11 is 2.02. The molecule has 1 unspecified atom stereocenters. The van der Waals surface area contributed by atoms with Gasteiger partial charge in [-0.25, -0.2) is 0 Å². The zero-order valence-electron chi connectivity index (χ0n) is 8.50. The van der Waals surface area contributed by atoms with Gasteiger partial charge in [0.15, 0.2) is 0 Å². The molecule has 2 aliphatic rings. The van der Waals surface area contributed by atoms with Gasteiger partial charge in [0.2, 0.25) is 5.91 Å².